The van der Waals surface area contributed by atoms with Crippen LogP contribution >= 0.6 is 0 Å². The predicted molar refractivity (Wildman–Crippen MR) is 170 cm³/mol. The fraction of sp³-hybridized carbons (Fsp3) is 0.889. The molecule has 0 radical (unpaired) electrons. The van der Waals surface area contributed by atoms with Gasteiger partial charge in [0.05, 0.1) is 0 Å². The highest BCUT2D eigenvalue weighted by Gasteiger charge is 1.95. The lowest BCUT2D eigenvalue weighted by atomic mass is 10.1. The summed E-state index contributed by atoms with van der Waals surface area (Å²) in [5.74, 6) is 0. The van der Waals surface area contributed by atoms with Crippen molar-refractivity contribution >= 4 is 0 Å². The van der Waals surface area contributed by atoms with E-state index in [0.29, 0.717) is 0 Å². The summed E-state index contributed by atoms with van der Waals surface area (Å²) in [6.07, 6.45) is 48.1. The summed E-state index contributed by atoms with van der Waals surface area (Å²) in [5.41, 5.74) is 0. The average Bonchev–Trinajstić information content (AvgIpc) is 2.91. The minimum absolute atomic E-state index is 0.978. The topological polar surface area (TPSA) is 9.23 Å². The Morgan fingerprint density at radius 1 is 0.297 bits per heavy atom. The summed E-state index contributed by atoms with van der Waals surface area (Å²) in [4.78, 5) is 0. The van der Waals surface area contributed by atoms with E-state index < -0.39 is 0 Å². The molecule has 0 aromatic rings. The van der Waals surface area contributed by atoms with Crippen LogP contribution in [0.3, 0.4) is 0 Å². The molecule has 1 nitrogen and oxygen atoms in total. The van der Waals surface area contributed by atoms with Crippen LogP contribution < -0.4 is 0 Å². The zero-order valence-corrected chi connectivity index (χ0v) is 25.9. The first kappa shape index (κ1) is 36.4. The predicted octanol–water partition coefficient (Wildman–Crippen LogP) is 13.1. The molecule has 0 aromatic carbocycles. The summed E-state index contributed by atoms with van der Waals surface area (Å²) >= 11 is 0. The van der Waals surface area contributed by atoms with Crippen molar-refractivity contribution < 1.29 is 4.74 Å². The number of ether oxygens (including phenoxy) is 1. The summed E-state index contributed by atoms with van der Waals surface area (Å²) in [7, 11) is 0. The van der Waals surface area contributed by atoms with Gasteiger partial charge in [-0.1, -0.05) is 154 Å². The van der Waals surface area contributed by atoms with Gasteiger partial charge in [0.25, 0.3) is 0 Å². The van der Waals surface area contributed by atoms with Crippen molar-refractivity contribution in [2.75, 3.05) is 13.2 Å². The zero-order valence-electron chi connectivity index (χ0n) is 25.9. The van der Waals surface area contributed by atoms with Gasteiger partial charge in [-0.05, 0) is 64.2 Å². The molecule has 0 spiro atoms. The summed E-state index contributed by atoms with van der Waals surface area (Å²) in [6.45, 7) is 6.54. The van der Waals surface area contributed by atoms with Crippen LogP contribution in [-0.2, 0) is 4.74 Å². The Bertz CT molecular complexity index is 398. The van der Waals surface area contributed by atoms with Gasteiger partial charge in [-0.3, -0.25) is 0 Å². The van der Waals surface area contributed by atoms with E-state index >= 15 is 0 Å². The van der Waals surface area contributed by atoms with E-state index in [4.69, 9.17) is 4.74 Å². The maximum atomic E-state index is 5.85. The fourth-order valence-corrected chi connectivity index (χ4v) is 5.01. The van der Waals surface area contributed by atoms with Crippen LogP contribution in [0.1, 0.15) is 194 Å². The Hall–Kier alpha value is -0.560. The molecule has 0 aliphatic heterocycles. The summed E-state index contributed by atoms with van der Waals surface area (Å²) in [6, 6.07) is 0. The third-order valence-corrected chi connectivity index (χ3v) is 7.60. The van der Waals surface area contributed by atoms with Gasteiger partial charge in [0, 0.05) is 13.2 Å². The lowest BCUT2D eigenvalue weighted by molar-refractivity contribution is 0.125. The maximum absolute atomic E-state index is 5.85. The average molecular weight is 519 g/mol. The van der Waals surface area contributed by atoms with E-state index in [1.807, 2.05) is 0 Å². The van der Waals surface area contributed by atoms with Crippen LogP contribution in [0.4, 0.5) is 0 Å². The Morgan fingerprint density at radius 2 is 0.541 bits per heavy atom. The van der Waals surface area contributed by atoms with Crippen molar-refractivity contribution in [2.45, 2.75) is 194 Å². The lowest BCUT2D eigenvalue weighted by Crippen LogP contribution is -1.97. The van der Waals surface area contributed by atoms with Gasteiger partial charge in [-0.25, -0.2) is 0 Å². The molecule has 0 aromatic heterocycles. The molecule has 0 rings (SSSR count). The van der Waals surface area contributed by atoms with E-state index in [1.165, 1.54) is 180 Å². The summed E-state index contributed by atoms with van der Waals surface area (Å²) < 4.78 is 5.85. The summed E-state index contributed by atoms with van der Waals surface area (Å²) in [5, 5.41) is 0. The van der Waals surface area contributed by atoms with Gasteiger partial charge < -0.3 is 4.74 Å². The van der Waals surface area contributed by atoms with Crippen molar-refractivity contribution in [3.8, 4) is 0 Å². The highest BCUT2D eigenvalue weighted by molar-refractivity contribution is 4.82. The smallest absolute Gasteiger partial charge is 0.0466 e. The van der Waals surface area contributed by atoms with Crippen molar-refractivity contribution in [1.29, 1.82) is 0 Å². The normalized spacial score (nSPS) is 11.9. The molecule has 1 heteroatoms. The molecule has 0 aliphatic rings. The molecule has 0 bridgehead atoms. The zero-order chi connectivity index (χ0) is 26.7. The number of hydrogen-bond acceptors (Lipinski definition) is 1. The second-order valence-electron chi connectivity index (χ2n) is 11.5. The standard InChI is InChI=1S/C36H70O/c1-3-5-7-9-11-13-15-17-19-21-23-25-27-29-31-33-35-37-36-34-32-30-28-26-24-22-20-18-16-14-12-10-8-6-4-2/h17-20H,3-16,21-36H2,1-2H3/b19-17-,20-18?. The van der Waals surface area contributed by atoms with Crippen LogP contribution in [-0.4, -0.2) is 13.2 Å². The lowest BCUT2D eigenvalue weighted by Gasteiger charge is -2.05. The number of rotatable bonds is 32. The molecular formula is C36H70O. The fourth-order valence-electron chi connectivity index (χ4n) is 5.01. The maximum Gasteiger partial charge on any atom is 0.0466 e. The minimum Gasteiger partial charge on any atom is -0.381 e. The van der Waals surface area contributed by atoms with Gasteiger partial charge in [0.1, 0.15) is 0 Å². The molecule has 0 N–H and O–H groups in total. The van der Waals surface area contributed by atoms with E-state index in [-0.39, 0.29) is 0 Å². The number of allylic oxidation sites excluding steroid dienone is 4. The molecule has 220 valence electrons. The highest BCUT2D eigenvalue weighted by atomic mass is 16.5. The number of hydrogen-bond donors (Lipinski definition) is 0. The molecule has 0 atom stereocenters. The molecule has 0 unspecified atom stereocenters. The van der Waals surface area contributed by atoms with Crippen molar-refractivity contribution in [1.82, 2.24) is 0 Å². The molecule has 0 heterocycles. The largest absolute Gasteiger partial charge is 0.381 e. The molecule has 0 saturated carbocycles. The van der Waals surface area contributed by atoms with Crippen molar-refractivity contribution in [2.24, 2.45) is 0 Å². The van der Waals surface area contributed by atoms with Crippen LogP contribution in [0.15, 0.2) is 24.3 Å². The van der Waals surface area contributed by atoms with Crippen molar-refractivity contribution in [3.63, 3.8) is 0 Å². The first-order valence-electron chi connectivity index (χ1n) is 17.3. The molecule has 0 aliphatic carbocycles. The second kappa shape index (κ2) is 35.4. The third-order valence-electron chi connectivity index (χ3n) is 7.60. The van der Waals surface area contributed by atoms with E-state index in [9.17, 15) is 0 Å². The van der Waals surface area contributed by atoms with Gasteiger partial charge in [0.15, 0.2) is 0 Å². The molecule has 0 saturated heterocycles. The van der Waals surface area contributed by atoms with Gasteiger partial charge in [-0.2, -0.15) is 0 Å². The van der Waals surface area contributed by atoms with Crippen LogP contribution in [0.25, 0.3) is 0 Å². The van der Waals surface area contributed by atoms with E-state index in [2.05, 4.69) is 38.2 Å². The van der Waals surface area contributed by atoms with E-state index in [1.54, 1.807) is 0 Å². The SMILES string of the molecule is CCCCCCCCC=CCCCCCCCCOCCCCCCCC/C=C\CCCCCCCC. The Kier molecular flexibility index (Phi) is 34.9. The quantitative estimate of drug-likeness (QED) is 0.0635. The second-order valence-corrected chi connectivity index (χ2v) is 11.5. The monoisotopic (exact) mass is 519 g/mol. The van der Waals surface area contributed by atoms with Crippen molar-refractivity contribution in [3.05, 3.63) is 24.3 Å². The Labute approximate surface area is 235 Å². The Morgan fingerprint density at radius 3 is 0.838 bits per heavy atom. The Balaban J connectivity index is 3.09. The van der Waals surface area contributed by atoms with Gasteiger partial charge >= 0.3 is 0 Å². The van der Waals surface area contributed by atoms with Crippen LogP contribution in [0.5, 0.6) is 0 Å². The molecular weight excluding hydrogens is 448 g/mol. The number of unbranched alkanes of at least 4 members (excludes halogenated alkanes) is 24. The first-order chi connectivity index (χ1) is 18.4. The molecule has 37 heavy (non-hydrogen) atoms. The van der Waals surface area contributed by atoms with Gasteiger partial charge in [0.2, 0.25) is 0 Å². The van der Waals surface area contributed by atoms with Crippen LogP contribution in [0, 0.1) is 0 Å². The van der Waals surface area contributed by atoms with Crippen LogP contribution in [0.2, 0.25) is 0 Å². The molecule has 0 amide bonds. The molecule has 0 fully saturated rings. The highest BCUT2D eigenvalue weighted by Crippen LogP contribution is 2.12. The van der Waals surface area contributed by atoms with Gasteiger partial charge in [-0.15, -0.1) is 0 Å². The first-order valence-corrected chi connectivity index (χ1v) is 17.3. The minimum atomic E-state index is 0.978. The van der Waals surface area contributed by atoms with E-state index in [0.717, 1.165) is 13.2 Å². The third kappa shape index (κ3) is 35.4.